The molecule has 2 atom stereocenters. The summed E-state index contributed by atoms with van der Waals surface area (Å²) in [6.07, 6.45) is 0.706. The zero-order chi connectivity index (χ0) is 16.1. The van der Waals surface area contributed by atoms with Crippen molar-refractivity contribution in [3.05, 3.63) is 29.8 Å². The fraction of sp³-hybridized carbons (Fsp3) is 0.500. The van der Waals surface area contributed by atoms with Gasteiger partial charge < -0.3 is 20.3 Å². The molecule has 2 rings (SSSR count). The molecule has 6 heteroatoms. The van der Waals surface area contributed by atoms with Gasteiger partial charge in [0, 0.05) is 19.1 Å². The first-order chi connectivity index (χ1) is 10.5. The lowest BCUT2D eigenvalue weighted by Gasteiger charge is -2.33. The Kier molecular flexibility index (Phi) is 5.25. The number of methoxy groups -OCH3 is 1. The molecular weight excluding hydrogens is 282 g/mol. The number of nitrogens with one attached hydrogen (secondary N) is 2. The summed E-state index contributed by atoms with van der Waals surface area (Å²) >= 11 is 0. The lowest BCUT2D eigenvalue weighted by molar-refractivity contribution is -0.126. The zero-order valence-corrected chi connectivity index (χ0v) is 13.3. The van der Waals surface area contributed by atoms with E-state index < -0.39 is 6.04 Å². The van der Waals surface area contributed by atoms with E-state index in [-0.39, 0.29) is 18.0 Å². The molecule has 1 saturated heterocycles. The second-order valence-electron chi connectivity index (χ2n) is 5.57. The fourth-order valence-corrected chi connectivity index (χ4v) is 2.56. The molecule has 2 unspecified atom stereocenters. The minimum Gasteiger partial charge on any atom is -0.497 e. The number of ether oxygens (including phenoxy) is 1. The first kappa shape index (κ1) is 16.1. The molecule has 6 nitrogen and oxygen atoms in total. The van der Waals surface area contributed by atoms with Crippen molar-refractivity contribution in [1.29, 1.82) is 0 Å². The monoisotopic (exact) mass is 305 g/mol. The number of benzene rings is 1. The molecule has 1 fully saturated rings. The molecule has 2 N–H and O–H groups in total. The van der Waals surface area contributed by atoms with Gasteiger partial charge in [-0.1, -0.05) is 12.1 Å². The summed E-state index contributed by atoms with van der Waals surface area (Å²) in [5.74, 6) is 0.694. The molecule has 1 aliphatic heterocycles. The second-order valence-corrected chi connectivity index (χ2v) is 5.57. The lowest BCUT2D eigenvalue weighted by Crippen LogP contribution is -2.59. The number of hydrogen-bond donors (Lipinski definition) is 2. The van der Waals surface area contributed by atoms with Crippen LogP contribution in [0.25, 0.3) is 0 Å². The van der Waals surface area contributed by atoms with Crippen LogP contribution >= 0.6 is 0 Å². The highest BCUT2D eigenvalue weighted by Gasteiger charge is 2.29. The van der Waals surface area contributed by atoms with Crippen molar-refractivity contribution >= 4 is 11.9 Å². The van der Waals surface area contributed by atoms with Crippen molar-refractivity contribution in [2.45, 2.75) is 32.4 Å². The van der Waals surface area contributed by atoms with E-state index in [0.717, 1.165) is 11.3 Å². The summed E-state index contributed by atoms with van der Waals surface area (Å²) in [5, 5.41) is 5.70. The molecule has 1 aliphatic rings. The van der Waals surface area contributed by atoms with Crippen LogP contribution in [0.5, 0.6) is 5.75 Å². The van der Waals surface area contributed by atoms with Crippen LogP contribution in [0.3, 0.4) is 0 Å². The number of hydrogen-bond acceptors (Lipinski definition) is 3. The minimum atomic E-state index is -0.433. The number of nitrogens with zero attached hydrogens (tertiary/aromatic N) is 1. The highest BCUT2D eigenvalue weighted by Crippen LogP contribution is 2.14. The summed E-state index contributed by atoms with van der Waals surface area (Å²) in [6, 6.07) is 7.12. The van der Waals surface area contributed by atoms with Crippen LogP contribution in [0.2, 0.25) is 0 Å². The molecule has 1 aromatic carbocycles. The normalized spacial score (nSPS) is 19.3. The molecule has 0 radical (unpaired) electrons. The first-order valence-electron chi connectivity index (χ1n) is 7.49. The van der Waals surface area contributed by atoms with Gasteiger partial charge in [0.1, 0.15) is 11.8 Å². The quantitative estimate of drug-likeness (QED) is 0.877. The van der Waals surface area contributed by atoms with Crippen molar-refractivity contribution in [2.24, 2.45) is 0 Å². The second kappa shape index (κ2) is 7.15. The van der Waals surface area contributed by atoms with Crippen molar-refractivity contribution in [3.8, 4) is 5.75 Å². The van der Waals surface area contributed by atoms with Crippen LogP contribution in [0.1, 0.15) is 19.4 Å². The van der Waals surface area contributed by atoms with Gasteiger partial charge in [-0.3, -0.25) is 4.79 Å². The molecule has 120 valence electrons. The fourth-order valence-electron chi connectivity index (χ4n) is 2.56. The van der Waals surface area contributed by atoms with Gasteiger partial charge in [-0.25, -0.2) is 4.79 Å². The average Bonchev–Trinajstić information content (AvgIpc) is 2.50. The van der Waals surface area contributed by atoms with Crippen LogP contribution < -0.4 is 15.4 Å². The molecule has 22 heavy (non-hydrogen) atoms. The Hall–Kier alpha value is -2.24. The molecule has 0 spiro atoms. The Balaban J connectivity index is 1.92. The van der Waals surface area contributed by atoms with E-state index >= 15 is 0 Å². The first-order valence-corrected chi connectivity index (χ1v) is 7.49. The third-order valence-corrected chi connectivity index (χ3v) is 3.81. The Labute approximate surface area is 130 Å². The maximum atomic E-state index is 12.3. The van der Waals surface area contributed by atoms with Crippen LogP contribution in [-0.4, -0.2) is 49.1 Å². The largest absolute Gasteiger partial charge is 0.497 e. The highest BCUT2D eigenvalue weighted by atomic mass is 16.5. The maximum Gasteiger partial charge on any atom is 0.318 e. The Bertz CT molecular complexity index is 547. The van der Waals surface area contributed by atoms with Gasteiger partial charge in [0.05, 0.1) is 7.11 Å². The van der Waals surface area contributed by atoms with E-state index in [0.29, 0.717) is 19.5 Å². The number of carbonyl (C=O) groups is 2. The minimum absolute atomic E-state index is 0.0307. The van der Waals surface area contributed by atoms with E-state index in [4.69, 9.17) is 4.74 Å². The van der Waals surface area contributed by atoms with E-state index in [2.05, 4.69) is 10.6 Å². The average molecular weight is 305 g/mol. The Morgan fingerprint density at radius 3 is 3.05 bits per heavy atom. The highest BCUT2D eigenvalue weighted by molar-refractivity contribution is 5.87. The number of amides is 3. The Morgan fingerprint density at radius 1 is 1.55 bits per heavy atom. The number of carbonyl (C=O) groups excluding carboxylic acids is 2. The summed E-state index contributed by atoms with van der Waals surface area (Å²) in [6.45, 7) is 4.72. The molecule has 0 bridgehead atoms. The predicted octanol–water partition coefficient (Wildman–Crippen LogP) is 1.16. The van der Waals surface area contributed by atoms with Gasteiger partial charge >= 0.3 is 6.03 Å². The van der Waals surface area contributed by atoms with E-state index in [1.54, 1.807) is 18.9 Å². The van der Waals surface area contributed by atoms with Crippen LogP contribution in [0.4, 0.5) is 4.79 Å². The Morgan fingerprint density at radius 2 is 2.32 bits per heavy atom. The third-order valence-electron chi connectivity index (χ3n) is 3.81. The van der Waals surface area contributed by atoms with Crippen molar-refractivity contribution in [2.75, 3.05) is 20.2 Å². The van der Waals surface area contributed by atoms with E-state index in [9.17, 15) is 9.59 Å². The van der Waals surface area contributed by atoms with Gasteiger partial charge in [0.15, 0.2) is 0 Å². The van der Waals surface area contributed by atoms with Gasteiger partial charge in [-0.2, -0.15) is 0 Å². The van der Waals surface area contributed by atoms with Crippen molar-refractivity contribution < 1.29 is 14.3 Å². The standard InChI is InChI=1S/C16H23N3O3/c1-11(9-13-5-4-6-14(10-13)22-3)18-16(21)19-8-7-17-15(20)12(19)2/h4-6,10-12H,7-9H2,1-3H3,(H,17,20)(H,18,21). The van der Waals surface area contributed by atoms with Crippen LogP contribution in [-0.2, 0) is 11.2 Å². The molecule has 1 heterocycles. The smallest absolute Gasteiger partial charge is 0.318 e. The molecule has 0 saturated carbocycles. The molecule has 3 amide bonds. The maximum absolute atomic E-state index is 12.3. The van der Waals surface area contributed by atoms with Crippen LogP contribution in [0, 0.1) is 0 Å². The molecule has 0 aliphatic carbocycles. The van der Waals surface area contributed by atoms with Gasteiger partial charge in [-0.05, 0) is 38.0 Å². The van der Waals surface area contributed by atoms with E-state index in [1.165, 1.54) is 0 Å². The number of piperazine rings is 1. The third kappa shape index (κ3) is 3.90. The van der Waals surface area contributed by atoms with Gasteiger partial charge in [0.2, 0.25) is 5.91 Å². The van der Waals surface area contributed by atoms with E-state index in [1.807, 2.05) is 31.2 Å². The number of urea groups is 1. The molecular formula is C16H23N3O3. The van der Waals surface area contributed by atoms with Crippen molar-refractivity contribution in [3.63, 3.8) is 0 Å². The lowest BCUT2D eigenvalue weighted by atomic mass is 10.1. The molecule has 1 aromatic rings. The topological polar surface area (TPSA) is 70.7 Å². The number of rotatable bonds is 4. The summed E-state index contributed by atoms with van der Waals surface area (Å²) in [4.78, 5) is 25.5. The summed E-state index contributed by atoms with van der Waals surface area (Å²) in [7, 11) is 1.63. The van der Waals surface area contributed by atoms with Crippen molar-refractivity contribution in [1.82, 2.24) is 15.5 Å². The van der Waals surface area contributed by atoms with Gasteiger partial charge in [0.25, 0.3) is 0 Å². The zero-order valence-electron chi connectivity index (χ0n) is 13.3. The SMILES string of the molecule is COc1cccc(CC(C)NC(=O)N2CCNC(=O)C2C)c1. The summed E-state index contributed by atoms with van der Waals surface area (Å²) in [5.41, 5.74) is 1.09. The predicted molar refractivity (Wildman–Crippen MR) is 83.9 cm³/mol. The molecule has 0 aromatic heterocycles. The summed E-state index contributed by atoms with van der Waals surface area (Å²) < 4.78 is 5.20. The van der Waals surface area contributed by atoms with Gasteiger partial charge in [-0.15, -0.1) is 0 Å². The van der Waals surface area contributed by atoms with Crippen LogP contribution in [0.15, 0.2) is 24.3 Å².